The van der Waals surface area contributed by atoms with Crippen LogP contribution in [0.3, 0.4) is 0 Å². The highest BCUT2D eigenvalue weighted by molar-refractivity contribution is 7.13. The number of aryl methyl sites for hydroxylation is 1. The number of rotatable bonds is 10. The van der Waals surface area contributed by atoms with Crippen molar-refractivity contribution in [1.82, 2.24) is 15.2 Å². The number of hydrogen-bond donors (Lipinski definition) is 2. The molecule has 1 aromatic carbocycles. The number of nitrogens with zero attached hydrogens (tertiary/aromatic N) is 2. The third-order valence-electron chi connectivity index (χ3n) is 6.13. The number of anilines is 1. The molecule has 1 aliphatic carbocycles. The van der Waals surface area contributed by atoms with Crippen LogP contribution in [0.25, 0.3) is 0 Å². The van der Waals surface area contributed by atoms with E-state index in [1.54, 1.807) is 30.0 Å². The molecule has 2 heterocycles. The predicted octanol–water partition coefficient (Wildman–Crippen LogP) is 4.59. The zero-order chi connectivity index (χ0) is 24.6. The first-order chi connectivity index (χ1) is 17.0. The van der Waals surface area contributed by atoms with Gasteiger partial charge in [-0.3, -0.25) is 14.4 Å². The van der Waals surface area contributed by atoms with Crippen molar-refractivity contribution in [2.75, 3.05) is 5.32 Å². The summed E-state index contributed by atoms with van der Waals surface area (Å²) in [5.74, 6) is -0.249. The minimum absolute atomic E-state index is 0.0159. The van der Waals surface area contributed by atoms with Gasteiger partial charge in [0, 0.05) is 30.5 Å². The van der Waals surface area contributed by atoms with Crippen molar-refractivity contribution in [3.8, 4) is 0 Å². The van der Waals surface area contributed by atoms with Crippen LogP contribution >= 0.6 is 11.3 Å². The Kier molecular flexibility index (Phi) is 8.31. The van der Waals surface area contributed by atoms with E-state index < -0.39 is 6.04 Å². The summed E-state index contributed by atoms with van der Waals surface area (Å²) < 4.78 is 5.52. The molecule has 0 saturated heterocycles. The Labute approximate surface area is 208 Å². The minimum atomic E-state index is -0.837. The van der Waals surface area contributed by atoms with E-state index >= 15 is 0 Å². The predicted molar refractivity (Wildman–Crippen MR) is 134 cm³/mol. The van der Waals surface area contributed by atoms with Gasteiger partial charge < -0.3 is 20.0 Å². The molecule has 2 N–H and O–H groups in total. The van der Waals surface area contributed by atoms with Crippen molar-refractivity contribution >= 4 is 34.2 Å². The van der Waals surface area contributed by atoms with E-state index in [-0.39, 0.29) is 43.1 Å². The van der Waals surface area contributed by atoms with Gasteiger partial charge in [0.15, 0.2) is 5.13 Å². The lowest BCUT2D eigenvalue weighted by atomic mass is 10.0. The Morgan fingerprint density at radius 3 is 2.57 bits per heavy atom. The van der Waals surface area contributed by atoms with Gasteiger partial charge in [0.25, 0.3) is 0 Å². The van der Waals surface area contributed by atoms with Gasteiger partial charge in [-0.15, -0.1) is 11.3 Å². The Hall–Kier alpha value is -3.46. The fraction of sp³-hybridized carbons (Fsp3) is 0.385. The molecule has 3 amide bonds. The topological polar surface area (TPSA) is 105 Å². The van der Waals surface area contributed by atoms with E-state index in [1.807, 2.05) is 31.2 Å². The van der Waals surface area contributed by atoms with Crippen LogP contribution < -0.4 is 10.6 Å². The van der Waals surface area contributed by atoms with Crippen molar-refractivity contribution in [3.63, 3.8) is 0 Å². The van der Waals surface area contributed by atoms with Crippen LogP contribution in [0.5, 0.6) is 0 Å². The molecular formula is C26H30N4O4S. The maximum atomic E-state index is 13.6. The molecule has 8 nitrogen and oxygen atoms in total. The molecule has 9 heteroatoms. The van der Waals surface area contributed by atoms with E-state index in [1.165, 1.54) is 16.2 Å². The van der Waals surface area contributed by atoms with Crippen molar-refractivity contribution in [2.24, 2.45) is 0 Å². The highest BCUT2D eigenvalue weighted by Gasteiger charge is 2.33. The number of carbonyl (C=O) groups is 3. The summed E-state index contributed by atoms with van der Waals surface area (Å²) in [4.78, 5) is 45.0. The van der Waals surface area contributed by atoms with Crippen molar-refractivity contribution in [3.05, 3.63) is 71.1 Å². The SMILES string of the molecule is Cc1ccc([C@@H](C(=O)NC2CCCC2)N(Cc2ccco2)C(=O)CCC(=O)Nc2nccs2)cc1. The molecule has 0 radical (unpaired) electrons. The second-order valence-electron chi connectivity index (χ2n) is 8.79. The van der Waals surface area contributed by atoms with E-state index in [9.17, 15) is 14.4 Å². The number of furan rings is 1. The van der Waals surface area contributed by atoms with Gasteiger partial charge in [-0.05, 0) is 37.5 Å². The molecule has 4 rings (SSSR count). The molecule has 1 atom stereocenters. The van der Waals surface area contributed by atoms with E-state index in [0.29, 0.717) is 10.9 Å². The minimum Gasteiger partial charge on any atom is -0.467 e. The highest BCUT2D eigenvalue weighted by atomic mass is 32.1. The van der Waals surface area contributed by atoms with Gasteiger partial charge in [-0.2, -0.15) is 0 Å². The quantitative estimate of drug-likeness (QED) is 0.429. The molecule has 1 aliphatic rings. The summed E-state index contributed by atoms with van der Waals surface area (Å²) in [6, 6.07) is 10.4. The molecule has 0 aliphatic heterocycles. The number of nitrogens with one attached hydrogen (secondary N) is 2. The molecule has 0 bridgehead atoms. The molecule has 0 spiro atoms. The summed E-state index contributed by atoms with van der Waals surface area (Å²) in [5, 5.41) is 8.11. The molecule has 1 fully saturated rings. The highest BCUT2D eigenvalue weighted by Crippen LogP contribution is 2.27. The number of hydrogen-bond acceptors (Lipinski definition) is 6. The lowest BCUT2D eigenvalue weighted by molar-refractivity contribution is -0.142. The number of amides is 3. The lowest BCUT2D eigenvalue weighted by Crippen LogP contribution is -2.46. The molecule has 3 aromatic rings. The first kappa shape index (κ1) is 24.7. The molecule has 0 unspecified atom stereocenters. The second-order valence-corrected chi connectivity index (χ2v) is 9.68. The van der Waals surface area contributed by atoms with Crippen molar-refractivity contribution < 1.29 is 18.8 Å². The van der Waals surface area contributed by atoms with Crippen molar-refractivity contribution in [1.29, 1.82) is 0 Å². The van der Waals surface area contributed by atoms with E-state index in [4.69, 9.17) is 4.42 Å². The third-order valence-corrected chi connectivity index (χ3v) is 6.81. The zero-order valence-corrected chi connectivity index (χ0v) is 20.6. The summed E-state index contributed by atoms with van der Waals surface area (Å²) in [6.45, 7) is 2.10. The normalized spacial score (nSPS) is 14.4. The van der Waals surface area contributed by atoms with Gasteiger partial charge in [-0.1, -0.05) is 42.7 Å². The van der Waals surface area contributed by atoms with Gasteiger partial charge in [0.05, 0.1) is 12.8 Å². The number of benzene rings is 1. The van der Waals surface area contributed by atoms with Crippen LogP contribution in [0.15, 0.2) is 58.7 Å². The number of carbonyl (C=O) groups excluding carboxylic acids is 3. The Balaban J connectivity index is 1.56. The van der Waals surface area contributed by atoms with Gasteiger partial charge in [0.2, 0.25) is 17.7 Å². The van der Waals surface area contributed by atoms with E-state index in [0.717, 1.165) is 36.8 Å². The first-order valence-corrected chi connectivity index (χ1v) is 12.8. The van der Waals surface area contributed by atoms with Crippen LogP contribution in [0, 0.1) is 6.92 Å². The van der Waals surface area contributed by atoms with Crippen LogP contribution in [0.2, 0.25) is 0 Å². The Morgan fingerprint density at radius 1 is 1.14 bits per heavy atom. The summed E-state index contributed by atoms with van der Waals surface area (Å²) in [7, 11) is 0. The summed E-state index contributed by atoms with van der Waals surface area (Å²) >= 11 is 1.31. The largest absolute Gasteiger partial charge is 0.467 e. The van der Waals surface area contributed by atoms with E-state index in [2.05, 4.69) is 15.6 Å². The molecule has 1 saturated carbocycles. The standard InChI is InChI=1S/C26H30N4O4S/c1-18-8-10-19(11-9-18)24(25(33)28-20-5-2-3-6-20)30(17-21-7-4-15-34-21)23(32)13-12-22(31)29-26-27-14-16-35-26/h4,7-11,14-16,20,24H,2-3,5-6,12-13,17H2,1H3,(H,28,33)(H,27,29,31)/t24-/m0/s1. The molecule has 2 aromatic heterocycles. The van der Waals surface area contributed by atoms with Crippen LogP contribution in [-0.2, 0) is 20.9 Å². The van der Waals surface area contributed by atoms with Crippen LogP contribution in [-0.4, -0.2) is 33.6 Å². The third kappa shape index (κ3) is 6.79. The number of thiazole rings is 1. The van der Waals surface area contributed by atoms with Gasteiger partial charge >= 0.3 is 0 Å². The number of aromatic nitrogens is 1. The molecule has 35 heavy (non-hydrogen) atoms. The zero-order valence-electron chi connectivity index (χ0n) is 19.7. The Bertz CT molecular complexity index is 1110. The Morgan fingerprint density at radius 2 is 1.91 bits per heavy atom. The monoisotopic (exact) mass is 494 g/mol. The van der Waals surface area contributed by atoms with Gasteiger partial charge in [0.1, 0.15) is 11.8 Å². The average Bonchev–Trinajstić information content (AvgIpc) is 3.63. The molecule has 184 valence electrons. The summed E-state index contributed by atoms with van der Waals surface area (Å²) in [6.07, 6.45) is 7.14. The summed E-state index contributed by atoms with van der Waals surface area (Å²) in [5.41, 5.74) is 1.78. The fourth-order valence-electron chi connectivity index (χ4n) is 4.30. The fourth-order valence-corrected chi connectivity index (χ4v) is 4.84. The lowest BCUT2D eigenvalue weighted by Gasteiger charge is -2.32. The smallest absolute Gasteiger partial charge is 0.247 e. The van der Waals surface area contributed by atoms with Crippen molar-refractivity contribution in [2.45, 2.75) is 64.1 Å². The second kappa shape index (κ2) is 11.8. The van der Waals surface area contributed by atoms with Crippen LogP contribution in [0.4, 0.5) is 5.13 Å². The average molecular weight is 495 g/mol. The van der Waals surface area contributed by atoms with Gasteiger partial charge in [-0.25, -0.2) is 4.98 Å². The first-order valence-electron chi connectivity index (χ1n) is 11.9. The maximum absolute atomic E-state index is 13.6. The maximum Gasteiger partial charge on any atom is 0.247 e. The molecular weight excluding hydrogens is 464 g/mol. The van der Waals surface area contributed by atoms with Crippen LogP contribution in [0.1, 0.15) is 61.5 Å².